The number of amidine groups is 1. The Kier molecular flexibility index (Phi) is 6.92. The molecule has 0 unspecified atom stereocenters. The van der Waals surface area contributed by atoms with Gasteiger partial charge in [0.15, 0.2) is 5.17 Å². The SMILES string of the molecule is N#CC1CCN(C2=NC(=O)C(=Cc3ccc4c(cnn4Cc4ccc(C(F)(F)F)cc4C(F)(F)F)c3)S2)CC1. The number of hydrogen-bond acceptors (Lipinski definition) is 5. The number of piperidine rings is 1. The largest absolute Gasteiger partial charge is 0.416 e. The highest BCUT2D eigenvalue weighted by Gasteiger charge is 2.38. The monoisotopic (exact) mass is 563 g/mol. The Morgan fingerprint density at radius 2 is 1.79 bits per heavy atom. The van der Waals surface area contributed by atoms with E-state index in [4.69, 9.17) is 5.26 Å². The molecule has 5 rings (SSSR count). The second-order valence-electron chi connectivity index (χ2n) is 9.19. The lowest BCUT2D eigenvalue weighted by molar-refractivity contribution is -0.143. The maximum absolute atomic E-state index is 13.6. The van der Waals surface area contributed by atoms with Gasteiger partial charge in [0.25, 0.3) is 5.91 Å². The Hall–Kier alpha value is -3.79. The molecule has 3 heterocycles. The second-order valence-corrected chi connectivity index (χ2v) is 10.2. The van der Waals surface area contributed by atoms with Crippen molar-refractivity contribution >= 4 is 39.8 Å². The fourth-order valence-electron chi connectivity index (χ4n) is 4.52. The van der Waals surface area contributed by atoms with E-state index in [1.54, 1.807) is 24.3 Å². The van der Waals surface area contributed by atoms with E-state index in [9.17, 15) is 31.1 Å². The minimum atomic E-state index is -4.98. The molecular weight excluding hydrogens is 544 g/mol. The zero-order valence-electron chi connectivity index (χ0n) is 20.1. The number of hydrogen-bond donors (Lipinski definition) is 0. The van der Waals surface area contributed by atoms with Crippen LogP contribution in [0.3, 0.4) is 0 Å². The summed E-state index contributed by atoms with van der Waals surface area (Å²) in [6.45, 7) is 0.903. The van der Waals surface area contributed by atoms with E-state index < -0.39 is 23.5 Å². The molecular formula is C26H19F6N5OS. The van der Waals surface area contributed by atoms with Gasteiger partial charge in [-0.1, -0.05) is 12.1 Å². The van der Waals surface area contributed by atoms with Crippen LogP contribution >= 0.6 is 11.8 Å². The number of halogens is 6. The molecule has 1 saturated heterocycles. The first-order valence-corrected chi connectivity index (χ1v) is 12.6. The maximum atomic E-state index is 13.6. The van der Waals surface area contributed by atoms with Crippen LogP contribution in [0.1, 0.15) is 35.1 Å². The summed E-state index contributed by atoms with van der Waals surface area (Å²) >= 11 is 1.25. The molecule has 2 aromatic carbocycles. The van der Waals surface area contributed by atoms with Crippen molar-refractivity contribution in [3.05, 3.63) is 69.8 Å². The third kappa shape index (κ3) is 5.66. The number of rotatable bonds is 3. The van der Waals surface area contributed by atoms with Gasteiger partial charge in [-0.05, 0) is 66.1 Å². The topological polar surface area (TPSA) is 74.3 Å². The second kappa shape index (κ2) is 10.1. The zero-order chi connectivity index (χ0) is 27.9. The predicted octanol–water partition coefficient (Wildman–Crippen LogP) is 6.33. The number of aliphatic imine (C=N–C) groups is 1. The molecule has 1 aromatic heterocycles. The minimum absolute atomic E-state index is 0.00547. The highest BCUT2D eigenvalue weighted by atomic mass is 32.2. The van der Waals surface area contributed by atoms with Crippen LogP contribution in [0, 0.1) is 17.2 Å². The van der Waals surface area contributed by atoms with Crippen molar-refractivity contribution in [1.29, 1.82) is 5.26 Å². The number of nitriles is 1. The molecule has 0 spiro atoms. The van der Waals surface area contributed by atoms with Gasteiger partial charge in [-0.2, -0.15) is 41.7 Å². The van der Waals surface area contributed by atoms with Crippen molar-refractivity contribution in [3.63, 3.8) is 0 Å². The first-order valence-electron chi connectivity index (χ1n) is 11.8. The van der Waals surface area contributed by atoms with E-state index in [-0.39, 0.29) is 30.0 Å². The molecule has 0 saturated carbocycles. The van der Waals surface area contributed by atoms with Crippen molar-refractivity contribution in [2.75, 3.05) is 13.1 Å². The average Bonchev–Trinajstić information content (AvgIpc) is 3.45. The van der Waals surface area contributed by atoms with Gasteiger partial charge < -0.3 is 4.90 Å². The number of carbonyl (C=O) groups excluding carboxylic acids is 1. The van der Waals surface area contributed by atoms with Gasteiger partial charge in [-0.25, -0.2) is 0 Å². The van der Waals surface area contributed by atoms with Crippen molar-refractivity contribution in [2.45, 2.75) is 31.7 Å². The van der Waals surface area contributed by atoms with E-state index in [2.05, 4.69) is 16.2 Å². The molecule has 1 fully saturated rings. The summed E-state index contributed by atoms with van der Waals surface area (Å²) in [6, 6.07) is 8.84. The Balaban J connectivity index is 1.35. The van der Waals surface area contributed by atoms with Gasteiger partial charge in [-0.3, -0.25) is 9.48 Å². The number of fused-ring (bicyclic) bond motifs is 1. The average molecular weight is 564 g/mol. The molecule has 3 aromatic rings. The number of carbonyl (C=O) groups is 1. The number of likely N-dealkylation sites (tertiary alicyclic amines) is 1. The molecule has 0 radical (unpaired) electrons. The van der Waals surface area contributed by atoms with E-state index >= 15 is 0 Å². The Morgan fingerprint density at radius 1 is 1.05 bits per heavy atom. The van der Waals surface area contributed by atoms with Crippen LogP contribution in [-0.4, -0.2) is 38.8 Å². The van der Waals surface area contributed by atoms with E-state index in [1.807, 2.05) is 4.90 Å². The Labute approximate surface area is 222 Å². The van der Waals surface area contributed by atoms with Crippen molar-refractivity contribution in [1.82, 2.24) is 14.7 Å². The van der Waals surface area contributed by atoms with Crippen LogP contribution in [-0.2, 0) is 23.7 Å². The van der Waals surface area contributed by atoms with E-state index in [0.717, 1.165) is 6.07 Å². The van der Waals surface area contributed by atoms with Gasteiger partial charge >= 0.3 is 12.4 Å². The molecule has 0 aliphatic carbocycles. The fraction of sp³-hybridized carbons (Fsp3) is 0.308. The normalized spacial score (nSPS) is 18.2. The molecule has 2 aliphatic heterocycles. The summed E-state index contributed by atoms with van der Waals surface area (Å²) in [7, 11) is 0. The molecule has 0 bridgehead atoms. The van der Waals surface area contributed by atoms with Crippen LogP contribution in [0.15, 0.2) is 52.5 Å². The van der Waals surface area contributed by atoms with Crippen LogP contribution in [0.5, 0.6) is 0 Å². The van der Waals surface area contributed by atoms with Crippen LogP contribution < -0.4 is 0 Å². The summed E-state index contributed by atoms with van der Waals surface area (Å²) in [5, 5.41) is 14.4. The Morgan fingerprint density at radius 3 is 2.46 bits per heavy atom. The number of aromatic nitrogens is 2. The van der Waals surface area contributed by atoms with Crippen molar-refractivity contribution < 1.29 is 31.1 Å². The standard InChI is InChI=1S/C26H19F6N5OS/c27-25(28,29)19-3-2-17(20(11-19)26(30,31)32)14-37-21-4-1-16(9-18(21)13-34-37)10-22-23(38)35-24(39-22)36-7-5-15(12-33)6-8-36/h1-4,9-11,13,15H,5-8,14H2. The van der Waals surface area contributed by atoms with Crippen LogP contribution in [0.2, 0.25) is 0 Å². The number of nitrogens with zero attached hydrogens (tertiary/aromatic N) is 5. The molecule has 0 N–H and O–H groups in total. The number of amides is 1. The fourth-order valence-corrected chi connectivity index (χ4v) is 5.49. The van der Waals surface area contributed by atoms with E-state index in [1.165, 1.54) is 22.6 Å². The van der Waals surface area contributed by atoms with Crippen LogP contribution in [0.25, 0.3) is 17.0 Å². The zero-order valence-corrected chi connectivity index (χ0v) is 20.9. The van der Waals surface area contributed by atoms with E-state index in [0.29, 0.717) is 58.5 Å². The molecule has 0 atom stereocenters. The molecule has 6 nitrogen and oxygen atoms in total. The van der Waals surface area contributed by atoms with Gasteiger partial charge in [-0.15, -0.1) is 0 Å². The molecule has 2 aliphatic rings. The first kappa shape index (κ1) is 26.8. The lowest BCUT2D eigenvalue weighted by Gasteiger charge is -2.29. The molecule has 1 amide bonds. The van der Waals surface area contributed by atoms with Crippen molar-refractivity contribution in [3.8, 4) is 6.07 Å². The number of thioether (sulfide) groups is 1. The summed E-state index contributed by atoms with van der Waals surface area (Å²) in [4.78, 5) is 19.0. The van der Waals surface area contributed by atoms with Gasteiger partial charge in [0, 0.05) is 24.4 Å². The lowest BCUT2D eigenvalue weighted by Crippen LogP contribution is -2.36. The summed E-state index contributed by atoms with van der Waals surface area (Å²) in [6.07, 6.45) is -5.35. The van der Waals surface area contributed by atoms with Gasteiger partial charge in [0.2, 0.25) is 0 Å². The highest BCUT2D eigenvalue weighted by molar-refractivity contribution is 8.18. The van der Waals surface area contributed by atoms with Gasteiger partial charge in [0.05, 0.1) is 40.4 Å². The Bertz CT molecular complexity index is 1540. The van der Waals surface area contributed by atoms with Crippen LogP contribution in [0.4, 0.5) is 26.3 Å². The third-order valence-corrected chi connectivity index (χ3v) is 7.63. The highest BCUT2D eigenvalue weighted by Crippen LogP contribution is 2.38. The third-order valence-electron chi connectivity index (χ3n) is 6.58. The molecule has 202 valence electrons. The number of benzene rings is 2. The summed E-state index contributed by atoms with van der Waals surface area (Å²) in [5.41, 5.74) is -1.95. The first-order chi connectivity index (χ1) is 18.4. The molecule has 39 heavy (non-hydrogen) atoms. The number of alkyl halides is 6. The smallest absolute Gasteiger partial charge is 0.351 e. The summed E-state index contributed by atoms with van der Waals surface area (Å²) in [5.74, 6) is -0.374. The molecule has 13 heteroatoms. The quantitative estimate of drug-likeness (QED) is 0.275. The van der Waals surface area contributed by atoms with Crippen molar-refractivity contribution in [2.24, 2.45) is 10.9 Å². The lowest BCUT2D eigenvalue weighted by atomic mass is 9.99. The maximum Gasteiger partial charge on any atom is 0.416 e. The minimum Gasteiger partial charge on any atom is -0.351 e. The summed E-state index contributed by atoms with van der Waals surface area (Å²) < 4.78 is 80.9. The van der Waals surface area contributed by atoms with Gasteiger partial charge in [0.1, 0.15) is 0 Å². The predicted molar refractivity (Wildman–Crippen MR) is 133 cm³/mol.